The average Bonchev–Trinajstić information content (AvgIpc) is 3.32. The lowest BCUT2D eigenvalue weighted by atomic mass is 9.55. The summed E-state index contributed by atoms with van der Waals surface area (Å²) in [6.07, 6.45) is 19.2. The van der Waals surface area contributed by atoms with E-state index < -0.39 is 17.7 Å². The Morgan fingerprint density at radius 3 is 2.30 bits per heavy atom. The van der Waals surface area contributed by atoms with Gasteiger partial charge in [0.15, 0.2) is 0 Å². The molecule has 1 heterocycles. The zero-order valence-corrected chi connectivity index (χ0v) is 39.4. The van der Waals surface area contributed by atoms with Crippen LogP contribution < -0.4 is 9.47 Å². The van der Waals surface area contributed by atoms with E-state index in [0.717, 1.165) is 73.8 Å². The quantitative estimate of drug-likeness (QED) is 0.0405. The summed E-state index contributed by atoms with van der Waals surface area (Å²) in [7, 11) is 0. The summed E-state index contributed by atoms with van der Waals surface area (Å²) < 4.78 is 50.1. The molecule has 9 nitrogen and oxygen atoms in total. The molecule has 1 fully saturated rings. The molecule has 1 aliphatic heterocycles. The van der Waals surface area contributed by atoms with Gasteiger partial charge in [-0.05, 0) is 98.4 Å². The first-order valence-corrected chi connectivity index (χ1v) is 24.9. The molecule has 3 aromatic carbocycles. The van der Waals surface area contributed by atoms with E-state index in [0.29, 0.717) is 42.9 Å². The van der Waals surface area contributed by atoms with Gasteiger partial charge in [-0.25, -0.2) is 8.78 Å². The van der Waals surface area contributed by atoms with Crippen LogP contribution in [0.25, 0.3) is 0 Å². The number of fused-ring (bicyclic) bond motifs is 2. The number of nitrogens with zero attached hydrogens (tertiary/aromatic N) is 2. The maximum absolute atomic E-state index is 15.1. The normalized spacial score (nSPS) is 22.5. The molecule has 2 aliphatic carbocycles. The van der Waals surface area contributed by atoms with E-state index in [4.69, 9.17) is 24.2 Å². The number of amides is 1. The van der Waals surface area contributed by atoms with Crippen LogP contribution in [0.2, 0.25) is 0 Å². The topological polar surface area (TPSA) is 110 Å². The molecule has 0 spiro atoms. The van der Waals surface area contributed by atoms with E-state index in [1.165, 1.54) is 50.3 Å². The average molecular weight is 913 g/mol. The lowest BCUT2D eigenvalue weighted by Crippen LogP contribution is -2.70. The number of halogens is 2. The summed E-state index contributed by atoms with van der Waals surface area (Å²) in [4.78, 5) is 22.9. The standard InChI is InChI=1S/C55H74F2N2O7/c1-4-7-8-9-10-11-12-13-14-25-52(62)59(38-40-26-28-43(56)29-27-40)51-37-49(58-65-6-3)46-35-41(21-17-19-32-60)45(23-18-20-33-61)53-47-36-44(63-39-42-22-15-16-24-48(42)57)30-31-50(47)66-55(51,54(46)53)64-34-5-2/h5,15-16,22,24,26-31,35-36,41,45,51,53-54,60-61H,2,4,6-14,17-21,23,25,32-34,37-39H2,1,3H3. The smallest absolute Gasteiger partial charge is 0.239 e. The Kier molecular flexibility index (Phi) is 20.1. The summed E-state index contributed by atoms with van der Waals surface area (Å²) in [5.74, 6) is -1.67. The monoisotopic (exact) mass is 913 g/mol. The fraction of sp³-hybridized carbons (Fsp3) is 0.564. The Hall–Kier alpha value is -4.58. The maximum atomic E-state index is 15.1. The molecular weight excluding hydrogens is 839 g/mol. The number of allylic oxidation sites excluding steroid dienone is 1. The summed E-state index contributed by atoms with van der Waals surface area (Å²) in [5, 5.41) is 24.8. The molecule has 3 aliphatic rings. The van der Waals surface area contributed by atoms with Gasteiger partial charge in [0, 0.05) is 49.6 Å². The second-order valence-electron chi connectivity index (χ2n) is 18.3. The number of carbonyl (C=O) groups is 1. The Morgan fingerprint density at radius 2 is 1.61 bits per heavy atom. The molecule has 360 valence electrons. The molecular formula is C55H74F2N2O7. The number of rotatable bonds is 29. The first kappa shape index (κ1) is 50.8. The Labute approximate surface area is 392 Å². The number of aliphatic hydroxyl groups excluding tert-OH is 2. The highest BCUT2D eigenvalue weighted by atomic mass is 19.1. The minimum absolute atomic E-state index is 0.0236. The second-order valence-corrected chi connectivity index (χ2v) is 18.3. The summed E-state index contributed by atoms with van der Waals surface area (Å²) in [6, 6.07) is 17.9. The van der Waals surface area contributed by atoms with Crippen molar-refractivity contribution in [2.45, 2.75) is 154 Å². The zero-order valence-electron chi connectivity index (χ0n) is 39.4. The number of oxime groups is 1. The molecule has 0 aromatic heterocycles. The van der Waals surface area contributed by atoms with Crippen LogP contribution in [0.4, 0.5) is 8.78 Å². The Morgan fingerprint density at radius 1 is 0.894 bits per heavy atom. The highest BCUT2D eigenvalue weighted by molar-refractivity contribution is 6.03. The summed E-state index contributed by atoms with van der Waals surface area (Å²) >= 11 is 0. The van der Waals surface area contributed by atoms with Crippen molar-refractivity contribution >= 4 is 11.6 Å². The molecule has 0 saturated heterocycles. The largest absolute Gasteiger partial charge is 0.489 e. The van der Waals surface area contributed by atoms with E-state index in [1.54, 1.807) is 36.4 Å². The van der Waals surface area contributed by atoms with Gasteiger partial charge in [0.1, 0.15) is 42.4 Å². The van der Waals surface area contributed by atoms with Crippen LogP contribution in [0.3, 0.4) is 0 Å². The number of hydrogen-bond acceptors (Lipinski definition) is 8. The van der Waals surface area contributed by atoms with Crippen molar-refractivity contribution < 1.29 is 42.8 Å². The third-order valence-electron chi connectivity index (χ3n) is 13.8. The van der Waals surface area contributed by atoms with E-state index in [2.05, 4.69) is 19.6 Å². The number of carbonyl (C=O) groups excluding carboxylic acids is 1. The first-order valence-electron chi connectivity index (χ1n) is 24.9. The lowest BCUT2D eigenvalue weighted by Gasteiger charge is -2.60. The molecule has 3 aromatic rings. The Bertz CT molecular complexity index is 2040. The number of hydrogen-bond donors (Lipinski definition) is 2. The van der Waals surface area contributed by atoms with Crippen molar-refractivity contribution in [3.63, 3.8) is 0 Å². The minimum atomic E-state index is -1.43. The maximum Gasteiger partial charge on any atom is 0.239 e. The van der Waals surface area contributed by atoms with E-state index in [9.17, 15) is 19.0 Å². The van der Waals surface area contributed by atoms with Crippen LogP contribution in [0.15, 0.2) is 96.2 Å². The van der Waals surface area contributed by atoms with Gasteiger partial charge >= 0.3 is 0 Å². The molecule has 66 heavy (non-hydrogen) atoms. The van der Waals surface area contributed by atoms with Crippen molar-refractivity contribution in [1.29, 1.82) is 0 Å². The van der Waals surface area contributed by atoms with Crippen LogP contribution in [-0.2, 0) is 27.5 Å². The fourth-order valence-corrected chi connectivity index (χ4v) is 10.5. The molecule has 0 bridgehead atoms. The van der Waals surface area contributed by atoms with E-state index >= 15 is 4.79 Å². The highest BCUT2D eigenvalue weighted by Gasteiger charge is 2.65. The molecule has 2 N–H and O–H groups in total. The van der Waals surface area contributed by atoms with Gasteiger partial charge in [0.05, 0.1) is 18.2 Å². The molecule has 6 atom stereocenters. The summed E-state index contributed by atoms with van der Waals surface area (Å²) in [5.41, 5.74) is 3.79. The van der Waals surface area contributed by atoms with Crippen LogP contribution in [-0.4, -0.2) is 65.0 Å². The predicted molar refractivity (Wildman–Crippen MR) is 256 cm³/mol. The van der Waals surface area contributed by atoms with Crippen molar-refractivity contribution in [3.8, 4) is 11.5 Å². The Balaban J connectivity index is 1.48. The van der Waals surface area contributed by atoms with Crippen molar-refractivity contribution in [1.82, 2.24) is 4.90 Å². The van der Waals surface area contributed by atoms with Crippen LogP contribution in [0.1, 0.15) is 146 Å². The van der Waals surface area contributed by atoms with Crippen molar-refractivity contribution in [2.75, 3.05) is 26.4 Å². The molecule has 0 radical (unpaired) electrons. The number of aliphatic hydroxyl groups is 2. The zero-order chi connectivity index (χ0) is 46.7. The third kappa shape index (κ3) is 12.9. The van der Waals surface area contributed by atoms with Gasteiger partial charge in [-0.1, -0.05) is 119 Å². The van der Waals surface area contributed by atoms with Gasteiger partial charge in [-0.3, -0.25) is 4.79 Å². The lowest BCUT2D eigenvalue weighted by molar-refractivity contribution is -0.258. The van der Waals surface area contributed by atoms with E-state index in [1.807, 2.05) is 30.0 Å². The van der Waals surface area contributed by atoms with Crippen molar-refractivity contribution in [3.05, 3.63) is 119 Å². The predicted octanol–water partition coefficient (Wildman–Crippen LogP) is 12.1. The summed E-state index contributed by atoms with van der Waals surface area (Å²) in [6.45, 7) is 9.06. The van der Waals surface area contributed by atoms with Gasteiger partial charge in [0.25, 0.3) is 0 Å². The molecule has 1 amide bonds. The molecule has 6 unspecified atom stereocenters. The number of unbranched alkanes of at least 4 members (excludes halogenated alkanes) is 10. The van der Waals surface area contributed by atoms with Crippen LogP contribution >= 0.6 is 0 Å². The van der Waals surface area contributed by atoms with Crippen LogP contribution in [0, 0.1) is 29.4 Å². The number of ether oxygens (including phenoxy) is 3. The molecule has 1 saturated carbocycles. The highest BCUT2D eigenvalue weighted by Crippen LogP contribution is 2.62. The minimum Gasteiger partial charge on any atom is -0.489 e. The molecule has 6 rings (SSSR count). The SMILES string of the molecule is C=CCOC12Oc3ccc(OCc4ccccc4F)cc3C3C(CCCCO)C(CCCCO)C=C(C(=NOCC)CC1N(Cc1ccc(F)cc1)C(=O)CCCCCCCCCCC)C32. The van der Waals surface area contributed by atoms with Gasteiger partial charge < -0.3 is 34.2 Å². The van der Waals surface area contributed by atoms with E-state index in [-0.39, 0.29) is 74.7 Å². The third-order valence-corrected chi connectivity index (χ3v) is 13.8. The first-order chi connectivity index (χ1) is 32.3. The van der Waals surface area contributed by atoms with Gasteiger partial charge in [0.2, 0.25) is 11.7 Å². The molecule has 11 heteroatoms. The number of benzene rings is 3. The van der Waals surface area contributed by atoms with Gasteiger partial charge in [-0.2, -0.15) is 0 Å². The van der Waals surface area contributed by atoms with Gasteiger partial charge in [-0.15, -0.1) is 6.58 Å². The second kappa shape index (κ2) is 26.1. The fourth-order valence-electron chi connectivity index (χ4n) is 10.5. The van der Waals surface area contributed by atoms with Crippen molar-refractivity contribution in [2.24, 2.45) is 22.9 Å². The van der Waals surface area contributed by atoms with Crippen LogP contribution in [0.5, 0.6) is 11.5 Å².